The van der Waals surface area contributed by atoms with E-state index in [0.717, 1.165) is 54.8 Å². The second kappa shape index (κ2) is 12.2. The first-order valence-corrected chi connectivity index (χ1v) is 14.8. The third-order valence-electron chi connectivity index (χ3n) is 7.85. The maximum Gasteiger partial charge on any atom is 0.231 e. The van der Waals surface area contributed by atoms with E-state index >= 15 is 0 Å². The van der Waals surface area contributed by atoms with E-state index < -0.39 is 0 Å². The van der Waals surface area contributed by atoms with Gasteiger partial charge in [0, 0.05) is 61.3 Å². The monoisotopic (exact) mass is 565 g/mol. The molecule has 2 aromatic heterocycles. The van der Waals surface area contributed by atoms with Gasteiger partial charge < -0.3 is 25.8 Å². The molecule has 2 aliphatic rings. The molecule has 1 amide bonds. The SMILES string of the molecule is CC(C)c1ccc(NC(=O)Cc2ccc(Nc3nc(Nc4cc(C5CC5)[nH]n4)cc(N4CCN(C)CC4)n3)cc2)cc1. The minimum Gasteiger partial charge on any atom is -0.354 e. The van der Waals surface area contributed by atoms with Crippen LogP contribution in [0.1, 0.15) is 55.3 Å². The molecule has 2 fully saturated rings. The van der Waals surface area contributed by atoms with Crippen LogP contribution >= 0.6 is 0 Å². The Morgan fingerprint density at radius 3 is 2.31 bits per heavy atom. The third kappa shape index (κ3) is 7.06. The molecular formula is C32H39N9O. The molecule has 2 aromatic carbocycles. The summed E-state index contributed by atoms with van der Waals surface area (Å²) in [6.45, 7) is 8.08. The number of anilines is 6. The van der Waals surface area contributed by atoms with Gasteiger partial charge in [-0.05, 0) is 61.2 Å². The van der Waals surface area contributed by atoms with Crippen molar-refractivity contribution in [2.24, 2.45) is 0 Å². The smallest absolute Gasteiger partial charge is 0.231 e. The number of aromatic nitrogens is 4. The van der Waals surface area contributed by atoms with Crippen molar-refractivity contribution in [1.29, 1.82) is 0 Å². The van der Waals surface area contributed by atoms with Crippen molar-refractivity contribution in [3.05, 3.63) is 77.5 Å². The van der Waals surface area contributed by atoms with Crippen molar-refractivity contribution in [3.8, 4) is 0 Å². The summed E-state index contributed by atoms with van der Waals surface area (Å²) in [4.78, 5) is 26.9. The molecule has 42 heavy (non-hydrogen) atoms. The molecule has 1 aliphatic heterocycles. The van der Waals surface area contributed by atoms with Crippen LogP contribution in [0, 0.1) is 0 Å². The second-order valence-corrected chi connectivity index (χ2v) is 11.7. The van der Waals surface area contributed by atoms with Crippen LogP contribution in [0.2, 0.25) is 0 Å². The van der Waals surface area contributed by atoms with Crippen molar-refractivity contribution in [1.82, 2.24) is 25.1 Å². The number of rotatable bonds is 10. The summed E-state index contributed by atoms with van der Waals surface area (Å²) >= 11 is 0. The van der Waals surface area contributed by atoms with Gasteiger partial charge in [-0.25, -0.2) is 0 Å². The lowest BCUT2D eigenvalue weighted by Crippen LogP contribution is -2.44. The molecule has 10 nitrogen and oxygen atoms in total. The lowest BCUT2D eigenvalue weighted by Gasteiger charge is -2.33. The number of hydrogen-bond acceptors (Lipinski definition) is 8. The number of amides is 1. The average Bonchev–Trinajstić information content (AvgIpc) is 3.73. The first kappa shape index (κ1) is 27.7. The highest BCUT2D eigenvalue weighted by Gasteiger charge is 2.25. The zero-order valence-corrected chi connectivity index (χ0v) is 24.5. The van der Waals surface area contributed by atoms with Gasteiger partial charge in [0.15, 0.2) is 5.82 Å². The van der Waals surface area contributed by atoms with E-state index in [1.165, 1.54) is 24.1 Å². The molecule has 0 atom stereocenters. The van der Waals surface area contributed by atoms with E-state index in [1.807, 2.05) is 42.5 Å². The van der Waals surface area contributed by atoms with Gasteiger partial charge in [0.05, 0.1) is 6.42 Å². The molecule has 1 saturated heterocycles. The number of aromatic amines is 1. The summed E-state index contributed by atoms with van der Waals surface area (Å²) in [7, 11) is 2.14. The first-order valence-electron chi connectivity index (χ1n) is 14.8. The Labute approximate surface area is 247 Å². The van der Waals surface area contributed by atoms with E-state index in [0.29, 0.717) is 30.0 Å². The van der Waals surface area contributed by atoms with Crippen LogP contribution in [0.5, 0.6) is 0 Å². The molecule has 0 radical (unpaired) electrons. The van der Waals surface area contributed by atoms with E-state index in [9.17, 15) is 4.79 Å². The number of nitrogens with one attached hydrogen (secondary N) is 4. The Morgan fingerprint density at radius 2 is 1.62 bits per heavy atom. The number of hydrogen-bond donors (Lipinski definition) is 4. The number of carbonyl (C=O) groups is 1. The summed E-state index contributed by atoms with van der Waals surface area (Å²) in [6, 6.07) is 19.9. The maximum absolute atomic E-state index is 12.6. The molecule has 1 saturated carbocycles. The Balaban J connectivity index is 1.13. The number of nitrogens with zero attached hydrogens (tertiary/aromatic N) is 5. The summed E-state index contributed by atoms with van der Waals surface area (Å²) in [6.07, 6.45) is 2.72. The summed E-state index contributed by atoms with van der Waals surface area (Å²) in [5, 5.41) is 17.3. The molecule has 3 heterocycles. The van der Waals surface area contributed by atoms with E-state index in [1.54, 1.807) is 0 Å². The summed E-state index contributed by atoms with van der Waals surface area (Å²) in [5.74, 6) is 3.82. The Hall–Kier alpha value is -4.44. The summed E-state index contributed by atoms with van der Waals surface area (Å²) < 4.78 is 0. The molecule has 4 aromatic rings. The van der Waals surface area contributed by atoms with Gasteiger partial charge in [0.1, 0.15) is 11.6 Å². The van der Waals surface area contributed by atoms with Crippen molar-refractivity contribution in [2.45, 2.75) is 44.9 Å². The van der Waals surface area contributed by atoms with Gasteiger partial charge in [0.2, 0.25) is 11.9 Å². The Bertz CT molecular complexity index is 1500. The average molecular weight is 566 g/mol. The van der Waals surface area contributed by atoms with Crippen LogP contribution in [0.4, 0.5) is 34.8 Å². The Kier molecular flexibility index (Phi) is 8.05. The van der Waals surface area contributed by atoms with Crippen LogP contribution in [-0.4, -0.2) is 64.2 Å². The lowest BCUT2D eigenvalue weighted by atomic mass is 10.0. The standard InChI is InChI=1S/C32H39N9O/c1-21(2)23-8-12-25(13-9-23)33-31(42)18-22-4-10-26(11-5-22)34-32-36-28(35-29-19-27(38-39-29)24-6-7-24)20-30(37-32)41-16-14-40(3)15-17-41/h4-5,8-13,19-21,24H,6-7,14-18H2,1-3H3,(H,33,42)(H3,34,35,36,37,38,39). The van der Waals surface area contributed by atoms with Gasteiger partial charge in [-0.3, -0.25) is 9.89 Å². The zero-order valence-electron chi connectivity index (χ0n) is 24.5. The topological polar surface area (TPSA) is 114 Å². The molecule has 0 unspecified atom stereocenters. The van der Waals surface area contributed by atoms with Crippen molar-refractivity contribution in [2.75, 3.05) is 54.1 Å². The predicted octanol–water partition coefficient (Wildman–Crippen LogP) is 5.62. The normalized spacial score (nSPS) is 15.6. The fraction of sp³-hybridized carbons (Fsp3) is 0.375. The van der Waals surface area contributed by atoms with E-state index in [4.69, 9.17) is 9.97 Å². The number of carbonyl (C=O) groups excluding carboxylic acids is 1. The number of piperazine rings is 1. The van der Waals surface area contributed by atoms with Gasteiger partial charge >= 0.3 is 0 Å². The minimum atomic E-state index is -0.0462. The molecule has 0 spiro atoms. The molecule has 10 heteroatoms. The van der Waals surface area contributed by atoms with Crippen LogP contribution < -0.4 is 20.9 Å². The van der Waals surface area contributed by atoms with Crippen LogP contribution in [0.25, 0.3) is 0 Å². The highest BCUT2D eigenvalue weighted by atomic mass is 16.1. The van der Waals surface area contributed by atoms with E-state index in [-0.39, 0.29) is 5.91 Å². The number of H-pyrrole nitrogens is 1. The van der Waals surface area contributed by atoms with Crippen LogP contribution in [0.3, 0.4) is 0 Å². The van der Waals surface area contributed by atoms with Gasteiger partial charge in [-0.2, -0.15) is 15.1 Å². The lowest BCUT2D eigenvalue weighted by molar-refractivity contribution is -0.115. The molecular weight excluding hydrogens is 526 g/mol. The van der Waals surface area contributed by atoms with Crippen molar-refractivity contribution < 1.29 is 4.79 Å². The van der Waals surface area contributed by atoms with Crippen molar-refractivity contribution in [3.63, 3.8) is 0 Å². The molecule has 6 rings (SSSR count). The third-order valence-corrected chi connectivity index (χ3v) is 7.85. The fourth-order valence-electron chi connectivity index (χ4n) is 5.06. The van der Waals surface area contributed by atoms with Gasteiger partial charge in [0.25, 0.3) is 0 Å². The predicted molar refractivity (Wildman–Crippen MR) is 168 cm³/mol. The van der Waals surface area contributed by atoms with Crippen molar-refractivity contribution >= 4 is 40.7 Å². The highest BCUT2D eigenvalue weighted by Crippen LogP contribution is 2.39. The molecule has 0 bridgehead atoms. The quantitative estimate of drug-likeness (QED) is 0.196. The number of benzene rings is 2. The maximum atomic E-state index is 12.6. The second-order valence-electron chi connectivity index (χ2n) is 11.7. The largest absolute Gasteiger partial charge is 0.354 e. The van der Waals surface area contributed by atoms with E-state index in [2.05, 4.69) is 75.0 Å². The first-order chi connectivity index (χ1) is 20.4. The summed E-state index contributed by atoms with van der Waals surface area (Å²) in [5.41, 5.74) is 5.00. The van der Waals surface area contributed by atoms with Crippen LogP contribution in [-0.2, 0) is 11.2 Å². The fourth-order valence-corrected chi connectivity index (χ4v) is 5.06. The zero-order chi connectivity index (χ0) is 29.1. The highest BCUT2D eigenvalue weighted by molar-refractivity contribution is 5.92. The molecule has 1 aliphatic carbocycles. The van der Waals surface area contributed by atoms with Gasteiger partial charge in [-0.15, -0.1) is 0 Å². The Morgan fingerprint density at radius 1 is 0.905 bits per heavy atom. The molecule has 4 N–H and O–H groups in total. The van der Waals surface area contributed by atoms with Gasteiger partial charge in [-0.1, -0.05) is 38.1 Å². The number of likely N-dealkylation sites (N-methyl/N-ethyl adjacent to an activating group) is 1. The van der Waals surface area contributed by atoms with Crippen LogP contribution in [0.15, 0.2) is 60.7 Å². The molecule has 218 valence electrons. The minimum absolute atomic E-state index is 0.0462.